The first-order valence-corrected chi connectivity index (χ1v) is 12.0. The number of anilines is 1. The van der Waals surface area contributed by atoms with Gasteiger partial charge in [0.1, 0.15) is 5.78 Å². The number of halogens is 6. The van der Waals surface area contributed by atoms with E-state index in [2.05, 4.69) is 15.5 Å². The number of rotatable bonds is 9. The van der Waals surface area contributed by atoms with E-state index >= 15 is 0 Å². The number of aromatic nitrogens is 2. The van der Waals surface area contributed by atoms with Crippen molar-refractivity contribution in [3.63, 3.8) is 0 Å². The summed E-state index contributed by atoms with van der Waals surface area (Å²) in [6, 6.07) is 9.69. The van der Waals surface area contributed by atoms with Crippen LogP contribution >= 0.6 is 11.3 Å². The minimum atomic E-state index is -5.08. The van der Waals surface area contributed by atoms with Crippen LogP contribution in [0.15, 0.2) is 42.5 Å². The topological polar surface area (TPSA) is 112 Å². The molecule has 0 unspecified atom stereocenters. The maximum Gasteiger partial charge on any atom is 0.490 e. The van der Waals surface area contributed by atoms with Crippen LogP contribution in [0.25, 0.3) is 0 Å². The Morgan fingerprint density at radius 1 is 1.16 bits per heavy atom. The molecule has 1 aliphatic rings. The summed E-state index contributed by atoms with van der Waals surface area (Å²) in [4.78, 5) is 34.8. The molecule has 1 saturated heterocycles. The van der Waals surface area contributed by atoms with Crippen molar-refractivity contribution < 1.29 is 45.8 Å². The van der Waals surface area contributed by atoms with Crippen LogP contribution in [0.4, 0.5) is 31.5 Å². The first-order chi connectivity index (χ1) is 17.7. The highest BCUT2D eigenvalue weighted by Crippen LogP contribution is 2.34. The minimum absolute atomic E-state index is 0.105. The number of carbonyl (C=O) groups is 3. The van der Waals surface area contributed by atoms with Crippen LogP contribution in [0.3, 0.4) is 0 Å². The van der Waals surface area contributed by atoms with Crippen molar-refractivity contribution in [2.75, 3.05) is 18.5 Å². The van der Waals surface area contributed by atoms with E-state index in [4.69, 9.17) is 9.90 Å². The second-order valence-corrected chi connectivity index (χ2v) is 9.15. The van der Waals surface area contributed by atoms with E-state index in [1.165, 1.54) is 13.1 Å². The molecular formula is C23H24F6N4O4S. The lowest BCUT2D eigenvalue weighted by molar-refractivity contribution is -0.192. The van der Waals surface area contributed by atoms with Gasteiger partial charge in [0.15, 0.2) is 0 Å². The van der Waals surface area contributed by atoms with E-state index in [1.807, 2.05) is 30.3 Å². The van der Waals surface area contributed by atoms with Gasteiger partial charge in [-0.2, -0.15) is 26.3 Å². The predicted molar refractivity (Wildman–Crippen MR) is 125 cm³/mol. The number of Topliss-reactive ketones (excluding diaryl/α,β-unsaturated/α-hetero) is 1. The van der Waals surface area contributed by atoms with Crippen LogP contribution in [0.1, 0.15) is 29.8 Å². The van der Waals surface area contributed by atoms with E-state index in [9.17, 15) is 35.9 Å². The van der Waals surface area contributed by atoms with Gasteiger partial charge >= 0.3 is 18.3 Å². The van der Waals surface area contributed by atoms with Crippen molar-refractivity contribution in [1.82, 2.24) is 15.5 Å². The summed E-state index contributed by atoms with van der Waals surface area (Å²) in [5, 5.41) is 15.5. The average molecular weight is 567 g/mol. The van der Waals surface area contributed by atoms with Gasteiger partial charge in [-0.25, -0.2) is 4.79 Å². The van der Waals surface area contributed by atoms with Crippen molar-refractivity contribution in [1.29, 1.82) is 0 Å². The normalized spacial score (nSPS) is 16.2. The minimum Gasteiger partial charge on any atom is -0.475 e. The van der Waals surface area contributed by atoms with E-state index in [0.29, 0.717) is 24.2 Å². The van der Waals surface area contributed by atoms with E-state index in [1.54, 1.807) is 6.08 Å². The van der Waals surface area contributed by atoms with Crippen molar-refractivity contribution in [3.8, 4) is 0 Å². The molecule has 1 aliphatic heterocycles. The van der Waals surface area contributed by atoms with E-state index in [0.717, 1.165) is 29.8 Å². The number of aliphatic carboxylic acids is 1. The number of carboxylic acid groups (broad SMARTS) is 1. The van der Waals surface area contributed by atoms with Gasteiger partial charge in [0.25, 0.3) is 5.91 Å². The summed E-state index contributed by atoms with van der Waals surface area (Å²) in [7, 11) is 1.34. The van der Waals surface area contributed by atoms with Gasteiger partial charge in [-0.15, -0.1) is 10.2 Å². The Morgan fingerprint density at radius 2 is 1.76 bits per heavy atom. The largest absolute Gasteiger partial charge is 0.490 e. The van der Waals surface area contributed by atoms with Crippen LogP contribution in [-0.2, 0) is 27.0 Å². The summed E-state index contributed by atoms with van der Waals surface area (Å²) in [5.74, 6) is -3.34. The van der Waals surface area contributed by atoms with Crippen molar-refractivity contribution in [2.45, 2.75) is 44.1 Å². The number of hydrogen-bond acceptors (Lipinski definition) is 7. The number of alkyl halides is 6. The number of allylic oxidation sites excluding steroid dienone is 1. The monoisotopic (exact) mass is 566 g/mol. The quantitative estimate of drug-likeness (QED) is 0.344. The zero-order chi connectivity index (χ0) is 28.5. The second kappa shape index (κ2) is 13.5. The molecule has 1 fully saturated rings. The highest BCUT2D eigenvalue weighted by molar-refractivity contribution is 7.15. The number of ketones is 1. The van der Waals surface area contributed by atoms with E-state index < -0.39 is 29.2 Å². The number of hydrogen-bond donors (Lipinski definition) is 2. The lowest BCUT2D eigenvalue weighted by Crippen LogP contribution is -2.48. The Kier molecular flexibility index (Phi) is 10.9. The van der Waals surface area contributed by atoms with Gasteiger partial charge in [0.05, 0.1) is 6.04 Å². The molecule has 0 aliphatic carbocycles. The Morgan fingerprint density at radius 3 is 2.24 bits per heavy atom. The molecule has 2 N–H and O–H groups in total. The first-order valence-electron chi connectivity index (χ1n) is 11.1. The Bertz CT molecular complexity index is 1120. The zero-order valence-electron chi connectivity index (χ0n) is 19.9. The zero-order valence-corrected chi connectivity index (χ0v) is 20.7. The van der Waals surface area contributed by atoms with Crippen molar-refractivity contribution in [3.05, 3.63) is 53.1 Å². The number of likely N-dealkylation sites (N-methyl/N-ethyl adjacent to an activating group) is 1. The predicted octanol–water partition coefficient (Wildman–Crippen LogP) is 4.28. The summed E-state index contributed by atoms with van der Waals surface area (Å²) < 4.78 is 69.9. The molecule has 2 aromatic rings. The molecule has 0 spiro atoms. The average Bonchev–Trinajstić information content (AvgIpc) is 3.30. The third-order valence-electron chi connectivity index (χ3n) is 5.35. The van der Waals surface area contributed by atoms with Crippen molar-refractivity contribution in [2.24, 2.45) is 5.92 Å². The molecule has 15 heteroatoms. The number of nitrogens with zero attached hydrogens (tertiary/aromatic N) is 3. The molecule has 1 aromatic heterocycles. The van der Waals surface area contributed by atoms with Crippen molar-refractivity contribution >= 4 is 34.1 Å². The number of nitrogens with one attached hydrogen (secondary N) is 1. The molecule has 208 valence electrons. The molecule has 8 nitrogen and oxygen atoms in total. The molecule has 0 radical (unpaired) electrons. The van der Waals surface area contributed by atoms with Crippen LogP contribution in [0, 0.1) is 5.92 Å². The van der Waals surface area contributed by atoms with Gasteiger partial charge < -0.3 is 10.4 Å². The number of benzene rings is 1. The summed E-state index contributed by atoms with van der Waals surface area (Å²) in [5.41, 5.74) is 1.13. The fourth-order valence-corrected chi connectivity index (χ4v) is 3.80. The summed E-state index contributed by atoms with van der Waals surface area (Å²) in [6.45, 7) is 0.825. The van der Waals surface area contributed by atoms with Gasteiger partial charge in [0.2, 0.25) is 10.1 Å². The van der Waals surface area contributed by atoms with Crippen LogP contribution < -0.4 is 10.2 Å². The molecule has 1 aromatic carbocycles. The molecule has 3 rings (SSSR count). The molecule has 1 amide bonds. The standard InChI is InChI=1S/C21H23F3N4O2S.C2HF3O2/c1-28(20-27-26-19(31-20)21(22,23)24)18(30)10-9-15(13-17(29)16-11-12-25-16)8-7-14-5-3-2-4-6-14;3-2(4,5)1(6)7/h2-6,9-10,15-16,25H,7-8,11-13H2,1H3;(H,6,7)/b10-9+;/t15-,16-;/m0./s1. The lowest BCUT2D eigenvalue weighted by atomic mass is 9.89. The van der Waals surface area contributed by atoms with E-state index in [-0.39, 0.29) is 22.9 Å². The molecule has 2 heterocycles. The van der Waals surface area contributed by atoms with Gasteiger partial charge in [-0.05, 0) is 43.4 Å². The molecule has 0 saturated carbocycles. The SMILES string of the molecule is CN(C(=O)/C=C/[C@H](CCc1ccccc1)CC(=O)[C@@H]1CCN1)c1nnc(C(F)(F)F)s1.O=C(O)C(F)(F)F. The molecule has 0 bridgehead atoms. The summed E-state index contributed by atoms with van der Waals surface area (Å²) in [6.07, 6.45) is -4.18. The fourth-order valence-electron chi connectivity index (χ4n) is 3.12. The lowest BCUT2D eigenvalue weighted by Gasteiger charge is -2.27. The van der Waals surface area contributed by atoms with Gasteiger partial charge in [-0.3, -0.25) is 14.5 Å². The smallest absolute Gasteiger partial charge is 0.475 e. The Labute approximate surface area is 217 Å². The number of carbonyl (C=O) groups excluding carboxylic acids is 2. The molecular weight excluding hydrogens is 542 g/mol. The molecule has 38 heavy (non-hydrogen) atoms. The fraction of sp³-hybridized carbons (Fsp3) is 0.435. The number of amides is 1. The number of carboxylic acids is 1. The maximum absolute atomic E-state index is 12.7. The van der Waals surface area contributed by atoms with Crippen LogP contribution in [0.2, 0.25) is 0 Å². The summed E-state index contributed by atoms with van der Waals surface area (Å²) >= 11 is 0.305. The van der Waals surface area contributed by atoms with Crippen LogP contribution in [-0.4, -0.2) is 58.8 Å². The Balaban J connectivity index is 0.000000638. The second-order valence-electron chi connectivity index (χ2n) is 8.20. The number of aryl methyl sites for hydroxylation is 1. The maximum atomic E-state index is 12.7. The van der Waals surface area contributed by atoms with Crippen LogP contribution in [0.5, 0.6) is 0 Å². The third kappa shape index (κ3) is 9.85. The highest BCUT2D eigenvalue weighted by atomic mass is 32.1. The van der Waals surface area contributed by atoms with Gasteiger partial charge in [0, 0.05) is 13.5 Å². The third-order valence-corrected chi connectivity index (χ3v) is 6.39. The first kappa shape index (κ1) is 30.9. The van der Waals surface area contributed by atoms with Gasteiger partial charge in [-0.1, -0.05) is 47.7 Å². The molecule has 2 atom stereocenters. The highest BCUT2D eigenvalue weighted by Gasteiger charge is 2.38. The Hall–Kier alpha value is -3.33.